The Labute approximate surface area is 132 Å². The zero-order valence-electron chi connectivity index (χ0n) is 10.4. The third-order valence-corrected chi connectivity index (χ3v) is 5.26. The Morgan fingerprint density at radius 3 is 3.05 bits per heavy atom. The Bertz CT molecular complexity index is 636. The van der Waals surface area contributed by atoms with Gasteiger partial charge in [0.15, 0.2) is 0 Å². The van der Waals surface area contributed by atoms with Gasteiger partial charge in [0.05, 0.1) is 12.9 Å². The minimum atomic E-state index is -0.136. The first-order valence-electron chi connectivity index (χ1n) is 5.74. The van der Waals surface area contributed by atoms with Crippen molar-refractivity contribution in [2.45, 2.75) is 5.37 Å². The Balaban J connectivity index is 2.05. The molecule has 1 fully saturated rings. The van der Waals surface area contributed by atoms with Crippen LogP contribution in [0, 0.1) is 0 Å². The predicted octanol–water partition coefficient (Wildman–Crippen LogP) is 3.09. The number of hydrogen-bond acceptors (Lipinski definition) is 6. The van der Waals surface area contributed by atoms with E-state index in [0.29, 0.717) is 10.9 Å². The van der Waals surface area contributed by atoms with Gasteiger partial charge in [-0.3, -0.25) is 9.69 Å². The summed E-state index contributed by atoms with van der Waals surface area (Å²) in [6, 6.07) is 5.78. The highest BCUT2D eigenvalue weighted by Crippen LogP contribution is 2.45. The van der Waals surface area contributed by atoms with E-state index in [9.17, 15) is 4.79 Å². The SMILES string of the molecule is COc1ccc(Br)cc1[C@H]1SCC(=O)N1c1nncs1. The Hall–Kier alpha value is -1.12. The van der Waals surface area contributed by atoms with Crippen LogP contribution in [-0.4, -0.2) is 29.0 Å². The van der Waals surface area contributed by atoms with Crippen molar-refractivity contribution in [2.24, 2.45) is 0 Å². The molecule has 0 unspecified atom stereocenters. The average Bonchev–Trinajstić information content (AvgIpc) is 3.07. The summed E-state index contributed by atoms with van der Waals surface area (Å²) in [5, 5.41) is 8.31. The third-order valence-electron chi connectivity index (χ3n) is 2.88. The van der Waals surface area contributed by atoms with Gasteiger partial charge in [0.25, 0.3) is 0 Å². The number of methoxy groups -OCH3 is 1. The highest BCUT2D eigenvalue weighted by molar-refractivity contribution is 9.10. The third kappa shape index (κ3) is 2.43. The van der Waals surface area contributed by atoms with Crippen molar-refractivity contribution in [3.63, 3.8) is 0 Å². The lowest BCUT2D eigenvalue weighted by molar-refractivity contribution is -0.115. The maximum atomic E-state index is 12.1. The van der Waals surface area contributed by atoms with E-state index in [4.69, 9.17) is 4.74 Å². The van der Waals surface area contributed by atoms with Gasteiger partial charge in [-0.25, -0.2) is 0 Å². The van der Waals surface area contributed by atoms with Crippen molar-refractivity contribution in [3.8, 4) is 5.75 Å². The number of carbonyl (C=O) groups excluding carboxylic acids is 1. The van der Waals surface area contributed by atoms with Crippen LogP contribution in [0.5, 0.6) is 5.75 Å². The van der Waals surface area contributed by atoms with Crippen molar-refractivity contribution in [1.29, 1.82) is 0 Å². The Morgan fingerprint density at radius 1 is 1.50 bits per heavy atom. The number of anilines is 1. The molecule has 0 saturated carbocycles. The van der Waals surface area contributed by atoms with E-state index in [1.807, 2.05) is 18.2 Å². The zero-order chi connectivity index (χ0) is 14.1. The zero-order valence-corrected chi connectivity index (χ0v) is 13.7. The molecule has 0 aliphatic carbocycles. The minimum Gasteiger partial charge on any atom is -0.496 e. The van der Waals surface area contributed by atoms with Gasteiger partial charge in [-0.1, -0.05) is 27.3 Å². The molecule has 8 heteroatoms. The lowest BCUT2D eigenvalue weighted by Gasteiger charge is -2.22. The minimum absolute atomic E-state index is 0.0405. The lowest BCUT2D eigenvalue weighted by atomic mass is 10.2. The van der Waals surface area contributed by atoms with Gasteiger partial charge in [-0.15, -0.1) is 22.0 Å². The summed E-state index contributed by atoms with van der Waals surface area (Å²) in [6.45, 7) is 0. The average molecular weight is 372 g/mol. The number of carbonyl (C=O) groups is 1. The maximum absolute atomic E-state index is 12.1. The number of ether oxygens (including phenoxy) is 1. The highest BCUT2D eigenvalue weighted by Gasteiger charge is 2.37. The summed E-state index contributed by atoms with van der Waals surface area (Å²) in [5.41, 5.74) is 2.58. The van der Waals surface area contributed by atoms with E-state index >= 15 is 0 Å². The number of benzene rings is 1. The molecule has 0 bridgehead atoms. The molecule has 20 heavy (non-hydrogen) atoms. The molecule has 1 saturated heterocycles. The van der Waals surface area contributed by atoms with Crippen LogP contribution in [0.2, 0.25) is 0 Å². The van der Waals surface area contributed by atoms with Crippen molar-refractivity contribution in [2.75, 3.05) is 17.8 Å². The molecular weight excluding hydrogens is 362 g/mol. The van der Waals surface area contributed by atoms with Crippen LogP contribution in [0.25, 0.3) is 0 Å². The fourth-order valence-electron chi connectivity index (χ4n) is 2.03. The van der Waals surface area contributed by atoms with E-state index in [1.165, 1.54) is 11.3 Å². The molecule has 1 aromatic heterocycles. The predicted molar refractivity (Wildman–Crippen MR) is 83.3 cm³/mol. The summed E-state index contributed by atoms with van der Waals surface area (Å²) in [7, 11) is 1.63. The van der Waals surface area contributed by atoms with Gasteiger partial charge in [0.1, 0.15) is 16.6 Å². The van der Waals surface area contributed by atoms with E-state index in [2.05, 4.69) is 26.1 Å². The largest absolute Gasteiger partial charge is 0.496 e. The fourth-order valence-corrected chi connectivity index (χ4v) is 4.25. The van der Waals surface area contributed by atoms with Crippen molar-refractivity contribution >= 4 is 50.1 Å². The number of hydrogen-bond donors (Lipinski definition) is 0. The van der Waals surface area contributed by atoms with E-state index in [1.54, 1.807) is 29.3 Å². The van der Waals surface area contributed by atoms with Crippen molar-refractivity contribution in [1.82, 2.24) is 10.2 Å². The number of halogens is 1. The molecule has 3 rings (SSSR count). The van der Waals surface area contributed by atoms with Crippen LogP contribution in [0.1, 0.15) is 10.9 Å². The molecule has 1 aliphatic heterocycles. The van der Waals surface area contributed by atoms with E-state index in [-0.39, 0.29) is 11.3 Å². The Morgan fingerprint density at radius 2 is 2.35 bits per heavy atom. The summed E-state index contributed by atoms with van der Waals surface area (Å²) in [4.78, 5) is 13.8. The van der Waals surface area contributed by atoms with Gasteiger partial charge in [-0.2, -0.15) is 0 Å². The van der Waals surface area contributed by atoms with Gasteiger partial charge >= 0.3 is 0 Å². The van der Waals surface area contributed by atoms with Crippen LogP contribution in [0.15, 0.2) is 28.2 Å². The second kappa shape index (κ2) is 5.71. The van der Waals surface area contributed by atoms with Crippen LogP contribution in [-0.2, 0) is 4.79 Å². The van der Waals surface area contributed by atoms with Crippen LogP contribution >= 0.6 is 39.0 Å². The van der Waals surface area contributed by atoms with Gasteiger partial charge < -0.3 is 4.74 Å². The number of amides is 1. The van der Waals surface area contributed by atoms with E-state index < -0.39 is 0 Å². The molecule has 1 aliphatic rings. The lowest BCUT2D eigenvalue weighted by Crippen LogP contribution is -2.28. The van der Waals surface area contributed by atoms with Crippen molar-refractivity contribution in [3.05, 3.63) is 33.7 Å². The first kappa shape index (κ1) is 13.8. The van der Waals surface area contributed by atoms with Gasteiger partial charge in [-0.05, 0) is 18.2 Å². The van der Waals surface area contributed by atoms with Crippen LogP contribution in [0.3, 0.4) is 0 Å². The molecule has 1 atom stereocenters. The number of aromatic nitrogens is 2. The number of nitrogens with zero attached hydrogens (tertiary/aromatic N) is 3. The van der Waals surface area contributed by atoms with Gasteiger partial charge in [0.2, 0.25) is 11.0 Å². The van der Waals surface area contributed by atoms with Crippen molar-refractivity contribution < 1.29 is 9.53 Å². The molecule has 0 N–H and O–H groups in total. The molecule has 2 aromatic rings. The second-order valence-electron chi connectivity index (χ2n) is 4.03. The standard InChI is InChI=1S/C12H10BrN3O2S2/c1-18-9-3-2-7(13)4-8(9)11-16(10(17)5-19-11)12-15-14-6-20-12/h2-4,6,11H,5H2,1H3/t11-/m1/s1. The molecule has 1 aromatic carbocycles. The van der Waals surface area contributed by atoms with Crippen LogP contribution < -0.4 is 9.64 Å². The smallest absolute Gasteiger partial charge is 0.240 e. The second-order valence-corrected chi connectivity index (χ2v) is 6.83. The quantitative estimate of drug-likeness (QED) is 0.829. The number of rotatable bonds is 3. The highest BCUT2D eigenvalue weighted by atomic mass is 79.9. The molecule has 0 radical (unpaired) electrons. The Kier molecular flexibility index (Phi) is 3.95. The molecule has 2 heterocycles. The fraction of sp³-hybridized carbons (Fsp3) is 0.250. The van der Waals surface area contributed by atoms with E-state index in [0.717, 1.165) is 15.8 Å². The monoisotopic (exact) mass is 371 g/mol. The molecule has 5 nitrogen and oxygen atoms in total. The summed E-state index contributed by atoms with van der Waals surface area (Å²) < 4.78 is 6.36. The first-order chi connectivity index (χ1) is 9.70. The van der Waals surface area contributed by atoms with Gasteiger partial charge in [0, 0.05) is 10.0 Å². The summed E-state index contributed by atoms with van der Waals surface area (Å²) >= 11 is 6.38. The maximum Gasteiger partial charge on any atom is 0.240 e. The molecule has 104 valence electrons. The normalized spacial score (nSPS) is 18.6. The molecular formula is C12H10BrN3O2S2. The summed E-state index contributed by atoms with van der Waals surface area (Å²) in [5.74, 6) is 1.23. The molecule has 0 spiro atoms. The number of thioether (sulfide) groups is 1. The topological polar surface area (TPSA) is 55.3 Å². The first-order valence-corrected chi connectivity index (χ1v) is 8.46. The molecule has 1 amide bonds. The van der Waals surface area contributed by atoms with Crippen LogP contribution in [0.4, 0.5) is 5.13 Å². The summed E-state index contributed by atoms with van der Waals surface area (Å²) in [6.07, 6.45) is 0.